The summed E-state index contributed by atoms with van der Waals surface area (Å²) >= 11 is 0. The van der Waals surface area contributed by atoms with Gasteiger partial charge in [0, 0.05) is 62.6 Å². The molecule has 1 aromatic carbocycles. The average molecular weight is 393 g/mol. The van der Waals surface area contributed by atoms with Crippen molar-refractivity contribution < 1.29 is 4.74 Å². The van der Waals surface area contributed by atoms with Gasteiger partial charge in [-0.2, -0.15) is 0 Å². The molecule has 29 heavy (non-hydrogen) atoms. The van der Waals surface area contributed by atoms with Gasteiger partial charge in [0.1, 0.15) is 0 Å². The van der Waals surface area contributed by atoms with Gasteiger partial charge in [-0.25, -0.2) is 0 Å². The maximum atomic E-state index is 5.94. The summed E-state index contributed by atoms with van der Waals surface area (Å²) in [5.41, 5.74) is 3.81. The van der Waals surface area contributed by atoms with Crippen LogP contribution in [-0.2, 0) is 24.4 Å². The van der Waals surface area contributed by atoms with Crippen LogP contribution in [-0.4, -0.2) is 59.2 Å². The lowest BCUT2D eigenvalue weighted by Crippen LogP contribution is -2.31. The molecule has 5 nitrogen and oxygen atoms in total. The van der Waals surface area contributed by atoms with E-state index in [0.29, 0.717) is 6.10 Å². The Bertz CT molecular complexity index is 900. The zero-order valence-electron chi connectivity index (χ0n) is 17.6. The van der Waals surface area contributed by atoms with Crippen LogP contribution in [0.4, 0.5) is 0 Å². The lowest BCUT2D eigenvalue weighted by atomic mass is 10.1. The largest absolute Gasteiger partial charge is 0.377 e. The van der Waals surface area contributed by atoms with Crippen LogP contribution in [0.3, 0.4) is 0 Å². The van der Waals surface area contributed by atoms with Crippen LogP contribution in [0.2, 0.25) is 0 Å². The molecule has 0 saturated carbocycles. The maximum absolute atomic E-state index is 5.94. The Morgan fingerprint density at radius 3 is 2.72 bits per heavy atom. The fraction of sp³-hybridized carbons (Fsp3) is 0.458. The summed E-state index contributed by atoms with van der Waals surface area (Å²) in [6.07, 6.45) is 6.89. The van der Waals surface area contributed by atoms with E-state index in [0.717, 1.165) is 51.4 Å². The first-order valence-electron chi connectivity index (χ1n) is 10.6. The number of benzene rings is 1. The number of nitrogens with zero attached hydrogens (tertiary/aromatic N) is 4. The van der Waals surface area contributed by atoms with Crippen LogP contribution in [0.25, 0.3) is 10.9 Å². The van der Waals surface area contributed by atoms with Crippen molar-refractivity contribution in [2.24, 2.45) is 0 Å². The quantitative estimate of drug-likeness (QED) is 0.555. The molecule has 1 aliphatic heterocycles. The van der Waals surface area contributed by atoms with Crippen LogP contribution in [0.5, 0.6) is 0 Å². The Hall–Kier alpha value is -2.21. The van der Waals surface area contributed by atoms with Crippen LogP contribution >= 0.6 is 0 Å². The third-order valence-electron chi connectivity index (χ3n) is 5.65. The van der Waals surface area contributed by atoms with Crippen molar-refractivity contribution in [1.29, 1.82) is 0 Å². The Kier molecular flexibility index (Phi) is 6.60. The molecule has 154 valence electrons. The molecule has 0 radical (unpaired) electrons. The monoisotopic (exact) mass is 392 g/mol. The number of ether oxygens (including phenoxy) is 1. The molecular weight excluding hydrogens is 360 g/mol. The van der Waals surface area contributed by atoms with E-state index in [1.165, 1.54) is 22.9 Å². The van der Waals surface area contributed by atoms with E-state index in [2.05, 4.69) is 76.0 Å². The second-order valence-electron chi connectivity index (χ2n) is 8.29. The molecule has 0 bridgehead atoms. The first kappa shape index (κ1) is 20.1. The van der Waals surface area contributed by atoms with E-state index in [4.69, 9.17) is 4.74 Å². The van der Waals surface area contributed by atoms with E-state index < -0.39 is 0 Å². The molecule has 0 N–H and O–H groups in total. The number of rotatable bonds is 9. The molecule has 3 heterocycles. The fourth-order valence-corrected chi connectivity index (χ4v) is 4.16. The van der Waals surface area contributed by atoms with Gasteiger partial charge in [0.2, 0.25) is 0 Å². The van der Waals surface area contributed by atoms with Crippen molar-refractivity contribution in [3.05, 3.63) is 66.1 Å². The highest BCUT2D eigenvalue weighted by molar-refractivity contribution is 5.83. The molecule has 0 aliphatic carbocycles. The molecule has 2 aromatic heterocycles. The first-order chi connectivity index (χ1) is 14.2. The SMILES string of the molecule is CN(C)CCn1cc(CN(Cc2ccccn2)C[C@H]2CCCO2)c2ccccc21. The van der Waals surface area contributed by atoms with Crippen LogP contribution in [0.1, 0.15) is 24.1 Å². The molecule has 4 rings (SSSR count). The summed E-state index contributed by atoms with van der Waals surface area (Å²) in [6, 6.07) is 14.9. The minimum absolute atomic E-state index is 0.334. The maximum Gasteiger partial charge on any atom is 0.0703 e. The van der Waals surface area contributed by atoms with Gasteiger partial charge in [-0.3, -0.25) is 9.88 Å². The lowest BCUT2D eigenvalue weighted by Gasteiger charge is -2.24. The number of hydrogen-bond donors (Lipinski definition) is 0. The molecule has 0 amide bonds. The van der Waals surface area contributed by atoms with Gasteiger partial charge in [-0.1, -0.05) is 24.3 Å². The molecule has 3 aromatic rings. The summed E-state index contributed by atoms with van der Waals surface area (Å²) in [5, 5.41) is 1.35. The number of hydrogen-bond acceptors (Lipinski definition) is 4. The van der Waals surface area contributed by atoms with Gasteiger partial charge in [-0.15, -0.1) is 0 Å². The second kappa shape index (κ2) is 9.53. The number of aromatic nitrogens is 2. The predicted molar refractivity (Wildman–Crippen MR) is 118 cm³/mol. The highest BCUT2D eigenvalue weighted by Gasteiger charge is 2.21. The Balaban J connectivity index is 1.57. The number of fused-ring (bicyclic) bond motifs is 1. The van der Waals surface area contributed by atoms with Crippen LogP contribution in [0, 0.1) is 0 Å². The predicted octanol–water partition coefficient (Wildman–Crippen LogP) is 3.78. The zero-order valence-corrected chi connectivity index (χ0v) is 17.6. The molecule has 0 unspecified atom stereocenters. The van der Waals surface area contributed by atoms with Gasteiger partial charge in [0.25, 0.3) is 0 Å². The fourth-order valence-electron chi connectivity index (χ4n) is 4.16. The van der Waals surface area contributed by atoms with Gasteiger partial charge in [0.05, 0.1) is 11.8 Å². The third kappa shape index (κ3) is 5.24. The molecule has 5 heteroatoms. The van der Waals surface area contributed by atoms with Gasteiger partial charge < -0.3 is 14.2 Å². The van der Waals surface area contributed by atoms with Crippen LogP contribution < -0.4 is 0 Å². The van der Waals surface area contributed by atoms with E-state index >= 15 is 0 Å². The van der Waals surface area contributed by atoms with E-state index in [-0.39, 0.29) is 0 Å². The molecular formula is C24H32N4O. The summed E-state index contributed by atoms with van der Waals surface area (Å²) in [5.74, 6) is 0. The number of para-hydroxylation sites is 1. The normalized spacial score (nSPS) is 17.0. The van der Waals surface area contributed by atoms with E-state index in [9.17, 15) is 0 Å². The highest BCUT2D eigenvalue weighted by Crippen LogP contribution is 2.24. The zero-order chi connectivity index (χ0) is 20.1. The van der Waals surface area contributed by atoms with E-state index in [1.807, 2.05) is 12.3 Å². The van der Waals surface area contributed by atoms with Crippen LogP contribution in [0.15, 0.2) is 54.9 Å². The first-order valence-corrected chi connectivity index (χ1v) is 10.6. The Morgan fingerprint density at radius 1 is 1.10 bits per heavy atom. The molecule has 1 fully saturated rings. The lowest BCUT2D eigenvalue weighted by molar-refractivity contribution is 0.0676. The van der Waals surface area contributed by atoms with E-state index in [1.54, 1.807) is 0 Å². The number of pyridine rings is 1. The second-order valence-corrected chi connectivity index (χ2v) is 8.29. The number of likely N-dealkylation sites (N-methyl/N-ethyl adjacent to an activating group) is 1. The summed E-state index contributed by atoms with van der Waals surface area (Å²) < 4.78 is 8.34. The van der Waals surface area contributed by atoms with Crippen molar-refractivity contribution in [1.82, 2.24) is 19.4 Å². The summed E-state index contributed by atoms with van der Waals surface area (Å²) in [6.45, 7) is 5.63. The minimum atomic E-state index is 0.334. The highest BCUT2D eigenvalue weighted by atomic mass is 16.5. The summed E-state index contributed by atoms with van der Waals surface area (Å²) in [7, 11) is 4.26. The smallest absolute Gasteiger partial charge is 0.0703 e. The van der Waals surface area contributed by atoms with Crippen molar-refractivity contribution in [3.63, 3.8) is 0 Å². The van der Waals surface area contributed by atoms with Gasteiger partial charge in [-0.05, 0) is 50.7 Å². The van der Waals surface area contributed by atoms with Crippen molar-refractivity contribution in [3.8, 4) is 0 Å². The Labute approximate surface area is 173 Å². The molecule has 1 aliphatic rings. The Morgan fingerprint density at radius 2 is 1.97 bits per heavy atom. The van der Waals surface area contributed by atoms with Gasteiger partial charge >= 0.3 is 0 Å². The molecule has 1 atom stereocenters. The topological polar surface area (TPSA) is 33.5 Å². The van der Waals surface area contributed by atoms with Gasteiger partial charge in [0.15, 0.2) is 0 Å². The average Bonchev–Trinajstić information content (AvgIpc) is 3.35. The summed E-state index contributed by atoms with van der Waals surface area (Å²) in [4.78, 5) is 9.29. The standard InChI is InChI=1S/C24H32N4O/c1-26(2)13-14-28-17-20(23-10-3-4-11-24(23)28)16-27(19-22-9-7-15-29-22)18-21-8-5-6-12-25-21/h3-6,8,10-12,17,22H,7,9,13-16,18-19H2,1-2H3/t22-/m1/s1. The van der Waals surface area contributed by atoms with Crippen molar-refractivity contribution in [2.75, 3.05) is 33.8 Å². The van der Waals surface area contributed by atoms with Crippen molar-refractivity contribution >= 4 is 10.9 Å². The minimum Gasteiger partial charge on any atom is -0.377 e. The van der Waals surface area contributed by atoms with Crippen molar-refractivity contribution in [2.45, 2.75) is 38.6 Å². The third-order valence-corrected chi connectivity index (χ3v) is 5.65. The molecule has 1 saturated heterocycles. The molecule has 0 spiro atoms.